The van der Waals surface area contributed by atoms with E-state index in [1.165, 1.54) is 5.56 Å². The van der Waals surface area contributed by atoms with Crippen LogP contribution < -0.4 is 5.32 Å². The number of pyridine rings is 2. The minimum Gasteiger partial charge on any atom is -0.381 e. The summed E-state index contributed by atoms with van der Waals surface area (Å²) in [5, 5.41) is 3.46. The zero-order valence-electron chi connectivity index (χ0n) is 19.4. The van der Waals surface area contributed by atoms with Crippen molar-refractivity contribution in [2.45, 2.75) is 19.9 Å². The van der Waals surface area contributed by atoms with Gasteiger partial charge in [-0.15, -0.1) is 0 Å². The Kier molecular flexibility index (Phi) is 6.53. The molecule has 7 heteroatoms. The third kappa shape index (κ3) is 5.10. The van der Waals surface area contributed by atoms with Gasteiger partial charge in [0.05, 0.1) is 13.2 Å². The smallest absolute Gasteiger partial charge is 0.254 e. The SMILES string of the molecule is Cc1ccc(C(=O)N2CCOCC(Cc3ccc4nccn4c3)C2)cc1NCc1ccncc1. The second-order valence-electron chi connectivity index (χ2n) is 8.87. The lowest BCUT2D eigenvalue weighted by atomic mass is 10.00. The third-order valence-electron chi connectivity index (χ3n) is 6.32. The number of hydrogen-bond donors (Lipinski definition) is 1. The number of nitrogens with zero attached hydrogens (tertiary/aromatic N) is 4. The van der Waals surface area contributed by atoms with Crippen LogP contribution in [0.25, 0.3) is 5.65 Å². The fraction of sp³-hybridized carbons (Fsp3) is 0.296. The summed E-state index contributed by atoms with van der Waals surface area (Å²) in [5.74, 6) is 0.287. The Labute approximate surface area is 199 Å². The van der Waals surface area contributed by atoms with E-state index >= 15 is 0 Å². The van der Waals surface area contributed by atoms with E-state index in [1.54, 1.807) is 18.6 Å². The van der Waals surface area contributed by atoms with Gasteiger partial charge >= 0.3 is 0 Å². The monoisotopic (exact) mass is 455 g/mol. The third-order valence-corrected chi connectivity index (χ3v) is 6.32. The number of carbonyl (C=O) groups is 1. The Hall–Kier alpha value is -3.71. The van der Waals surface area contributed by atoms with Crippen molar-refractivity contribution in [3.8, 4) is 0 Å². The van der Waals surface area contributed by atoms with Gasteiger partial charge in [0, 0.05) is 67.8 Å². The van der Waals surface area contributed by atoms with Gasteiger partial charge in [0.25, 0.3) is 5.91 Å². The maximum atomic E-state index is 13.5. The van der Waals surface area contributed by atoms with Gasteiger partial charge in [-0.25, -0.2) is 4.98 Å². The fourth-order valence-corrected chi connectivity index (χ4v) is 4.43. The van der Waals surface area contributed by atoms with E-state index in [9.17, 15) is 4.79 Å². The first-order chi connectivity index (χ1) is 16.7. The van der Waals surface area contributed by atoms with Crippen LogP contribution in [-0.2, 0) is 17.7 Å². The van der Waals surface area contributed by atoms with Crippen molar-refractivity contribution in [3.63, 3.8) is 0 Å². The predicted octanol–water partition coefficient (Wildman–Crippen LogP) is 3.98. The summed E-state index contributed by atoms with van der Waals surface area (Å²) in [5.41, 5.74) is 6.07. The van der Waals surface area contributed by atoms with Crippen molar-refractivity contribution in [1.82, 2.24) is 19.3 Å². The fourth-order valence-electron chi connectivity index (χ4n) is 4.43. The molecule has 34 heavy (non-hydrogen) atoms. The number of anilines is 1. The quantitative estimate of drug-likeness (QED) is 0.476. The summed E-state index contributed by atoms with van der Waals surface area (Å²) in [4.78, 5) is 23.8. The number of imidazole rings is 1. The van der Waals surface area contributed by atoms with E-state index in [0.717, 1.165) is 28.9 Å². The van der Waals surface area contributed by atoms with Gasteiger partial charge < -0.3 is 19.4 Å². The summed E-state index contributed by atoms with van der Waals surface area (Å²) in [7, 11) is 0. The Balaban J connectivity index is 1.27. The lowest BCUT2D eigenvalue weighted by Crippen LogP contribution is -2.36. The van der Waals surface area contributed by atoms with Crippen LogP contribution in [0.3, 0.4) is 0 Å². The van der Waals surface area contributed by atoms with Crippen LogP contribution in [0.2, 0.25) is 0 Å². The molecule has 0 aliphatic carbocycles. The van der Waals surface area contributed by atoms with Gasteiger partial charge in [0.1, 0.15) is 5.65 Å². The summed E-state index contributed by atoms with van der Waals surface area (Å²) in [6.07, 6.45) is 10.3. The molecular weight excluding hydrogens is 426 g/mol. The molecule has 1 aromatic carbocycles. The predicted molar refractivity (Wildman–Crippen MR) is 132 cm³/mol. The van der Waals surface area contributed by atoms with Crippen LogP contribution in [0, 0.1) is 12.8 Å². The molecule has 1 fully saturated rings. The highest BCUT2D eigenvalue weighted by molar-refractivity contribution is 5.95. The van der Waals surface area contributed by atoms with Crippen molar-refractivity contribution >= 4 is 17.2 Å². The molecule has 0 saturated carbocycles. The number of rotatable bonds is 6. The van der Waals surface area contributed by atoms with Crippen LogP contribution in [0.1, 0.15) is 27.0 Å². The van der Waals surface area contributed by atoms with Crippen molar-refractivity contribution in [2.75, 3.05) is 31.6 Å². The second-order valence-corrected chi connectivity index (χ2v) is 8.87. The first kappa shape index (κ1) is 22.1. The van der Waals surface area contributed by atoms with Gasteiger partial charge in [-0.3, -0.25) is 9.78 Å². The second kappa shape index (κ2) is 10.1. The van der Waals surface area contributed by atoms with Gasteiger partial charge in [-0.05, 0) is 60.4 Å². The summed E-state index contributed by atoms with van der Waals surface area (Å²) < 4.78 is 7.90. The maximum absolute atomic E-state index is 13.5. The number of carbonyl (C=O) groups excluding carboxylic acids is 1. The van der Waals surface area contributed by atoms with Crippen LogP contribution in [0.4, 0.5) is 5.69 Å². The number of aryl methyl sites for hydroxylation is 1. The highest BCUT2D eigenvalue weighted by atomic mass is 16.5. The number of ether oxygens (including phenoxy) is 1. The number of nitrogens with one attached hydrogen (secondary N) is 1. The molecule has 7 nitrogen and oxygen atoms in total. The molecular formula is C27H29N5O2. The normalized spacial score (nSPS) is 16.4. The molecule has 1 atom stereocenters. The average Bonchev–Trinajstić information content (AvgIpc) is 3.21. The molecule has 174 valence electrons. The van der Waals surface area contributed by atoms with Crippen molar-refractivity contribution < 1.29 is 9.53 Å². The highest BCUT2D eigenvalue weighted by Crippen LogP contribution is 2.21. The largest absolute Gasteiger partial charge is 0.381 e. The molecule has 5 rings (SSSR count). The van der Waals surface area contributed by atoms with E-state index < -0.39 is 0 Å². The van der Waals surface area contributed by atoms with Crippen LogP contribution in [0.5, 0.6) is 0 Å². The Bertz CT molecular complexity index is 1270. The first-order valence-corrected chi connectivity index (χ1v) is 11.7. The van der Waals surface area contributed by atoms with Crippen LogP contribution in [-0.4, -0.2) is 51.5 Å². The van der Waals surface area contributed by atoms with E-state index in [1.807, 2.05) is 51.9 Å². The molecule has 1 unspecified atom stereocenters. The van der Waals surface area contributed by atoms with E-state index in [2.05, 4.69) is 34.5 Å². The molecule has 4 aromatic rings. The molecule has 1 amide bonds. The molecule has 1 N–H and O–H groups in total. The number of hydrogen-bond acceptors (Lipinski definition) is 5. The van der Waals surface area contributed by atoms with Gasteiger partial charge in [0.15, 0.2) is 0 Å². The molecule has 1 aliphatic rings. The van der Waals surface area contributed by atoms with Gasteiger partial charge in [-0.1, -0.05) is 12.1 Å². The number of fused-ring (bicyclic) bond motifs is 1. The average molecular weight is 456 g/mol. The molecule has 0 bridgehead atoms. The van der Waals surface area contributed by atoms with Gasteiger partial charge in [0.2, 0.25) is 0 Å². The Morgan fingerprint density at radius 3 is 2.88 bits per heavy atom. The zero-order chi connectivity index (χ0) is 23.3. The maximum Gasteiger partial charge on any atom is 0.254 e. The van der Waals surface area contributed by atoms with E-state index in [4.69, 9.17) is 4.74 Å². The van der Waals surface area contributed by atoms with E-state index in [0.29, 0.717) is 38.4 Å². The molecule has 3 aromatic heterocycles. The number of amides is 1. The summed E-state index contributed by atoms with van der Waals surface area (Å²) >= 11 is 0. The number of benzene rings is 1. The van der Waals surface area contributed by atoms with Gasteiger partial charge in [-0.2, -0.15) is 0 Å². The number of aromatic nitrogens is 3. The molecule has 4 heterocycles. The van der Waals surface area contributed by atoms with Crippen LogP contribution >= 0.6 is 0 Å². The van der Waals surface area contributed by atoms with Crippen molar-refractivity contribution in [3.05, 3.63) is 95.7 Å². The molecule has 1 saturated heterocycles. The van der Waals surface area contributed by atoms with E-state index in [-0.39, 0.29) is 11.8 Å². The standard InChI is InChI=1S/C27H29N5O2/c1-20-2-4-24(15-25(20)30-16-21-6-8-28-9-7-21)27(33)32-12-13-34-19-23(18-32)14-22-3-5-26-29-10-11-31(26)17-22/h2-11,15,17,23,30H,12-14,16,18-19H2,1H3. The summed E-state index contributed by atoms with van der Waals surface area (Å²) in [6.45, 7) is 5.22. The Morgan fingerprint density at radius 1 is 1.12 bits per heavy atom. The lowest BCUT2D eigenvalue weighted by Gasteiger charge is -2.24. The van der Waals surface area contributed by atoms with Crippen LogP contribution in [0.15, 0.2) is 73.4 Å². The molecule has 0 spiro atoms. The minimum absolute atomic E-state index is 0.0486. The summed E-state index contributed by atoms with van der Waals surface area (Å²) in [6, 6.07) is 14.0. The first-order valence-electron chi connectivity index (χ1n) is 11.7. The minimum atomic E-state index is 0.0486. The zero-order valence-corrected chi connectivity index (χ0v) is 19.4. The lowest BCUT2D eigenvalue weighted by molar-refractivity contribution is 0.0737. The Morgan fingerprint density at radius 2 is 2.00 bits per heavy atom. The van der Waals surface area contributed by atoms with Crippen molar-refractivity contribution in [2.24, 2.45) is 5.92 Å². The topological polar surface area (TPSA) is 71.8 Å². The molecule has 0 radical (unpaired) electrons. The highest BCUT2D eigenvalue weighted by Gasteiger charge is 2.24. The molecule has 1 aliphatic heterocycles. The van der Waals surface area contributed by atoms with Crippen molar-refractivity contribution in [1.29, 1.82) is 0 Å².